The number of urea groups is 1. The van der Waals surface area contributed by atoms with E-state index in [9.17, 15) is 9.59 Å². The average Bonchev–Trinajstić information content (AvgIpc) is 2.35. The number of methoxy groups -OCH3 is 1. The molecule has 0 saturated heterocycles. The van der Waals surface area contributed by atoms with E-state index in [4.69, 9.17) is 11.5 Å². The van der Waals surface area contributed by atoms with Gasteiger partial charge in [-0.1, -0.05) is 0 Å². The van der Waals surface area contributed by atoms with Gasteiger partial charge in [0.2, 0.25) is 0 Å². The molecular formula is C10H15N5O3. The third-order valence-corrected chi connectivity index (χ3v) is 2.07. The number of nitrogen functional groups attached to an aromatic ring is 1. The molecule has 8 nitrogen and oxygen atoms in total. The number of anilines is 2. The number of nitrogens with two attached hydrogens (primary N) is 2. The lowest BCUT2D eigenvalue weighted by Gasteiger charge is -2.08. The number of nitrogens with one attached hydrogen (secondary N) is 2. The van der Waals surface area contributed by atoms with Gasteiger partial charge in [-0.2, -0.15) is 0 Å². The normalized spacial score (nSPS) is 9.61. The molecule has 98 valence electrons. The van der Waals surface area contributed by atoms with Crippen LogP contribution in [-0.2, 0) is 4.74 Å². The summed E-state index contributed by atoms with van der Waals surface area (Å²) in [6.45, 7) is 0.759. The van der Waals surface area contributed by atoms with Gasteiger partial charge in [0.05, 0.1) is 24.6 Å². The number of nitrogens with zero attached hydrogens (tertiary/aromatic N) is 1. The summed E-state index contributed by atoms with van der Waals surface area (Å²) < 4.78 is 4.58. The third-order valence-electron chi connectivity index (χ3n) is 2.07. The Hall–Kier alpha value is -2.51. The quantitative estimate of drug-likeness (QED) is 0.414. The van der Waals surface area contributed by atoms with Gasteiger partial charge in [-0.25, -0.2) is 14.6 Å². The van der Waals surface area contributed by atoms with Crippen molar-refractivity contribution >= 4 is 23.5 Å². The molecule has 0 unspecified atom stereocenters. The molecule has 8 heteroatoms. The van der Waals surface area contributed by atoms with Gasteiger partial charge in [-0.15, -0.1) is 0 Å². The van der Waals surface area contributed by atoms with Crippen LogP contribution >= 0.6 is 0 Å². The number of pyridine rings is 1. The molecule has 1 heterocycles. The maximum atomic E-state index is 11.4. The van der Waals surface area contributed by atoms with Crippen molar-refractivity contribution in [2.24, 2.45) is 5.73 Å². The fourth-order valence-electron chi connectivity index (χ4n) is 1.23. The fraction of sp³-hybridized carbons (Fsp3) is 0.300. The van der Waals surface area contributed by atoms with Gasteiger partial charge in [0, 0.05) is 13.1 Å². The molecule has 1 aromatic rings. The van der Waals surface area contributed by atoms with E-state index in [1.54, 1.807) is 0 Å². The molecule has 1 rings (SSSR count). The van der Waals surface area contributed by atoms with Crippen LogP contribution in [0.3, 0.4) is 0 Å². The molecule has 0 aliphatic rings. The highest BCUT2D eigenvalue weighted by Gasteiger charge is 2.11. The Bertz CT molecular complexity index is 449. The minimum Gasteiger partial charge on any atom is -0.465 e. The molecule has 0 fully saturated rings. The summed E-state index contributed by atoms with van der Waals surface area (Å²) in [7, 11) is 1.27. The van der Waals surface area contributed by atoms with Crippen molar-refractivity contribution in [3.05, 3.63) is 17.8 Å². The zero-order valence-corrected chi connectivity index (χ0v) is 9.90. The van der Waals surface area contributed by atoms with Crippen molar-refractivity contribution in [2.45, 2.75) is 0 Å². The number of aromatic nitrogens is 1. The predicted molar refractivity (Wildman–Crippen MR) is 66.1 cm³/mol. The predicted octanol–water partition coefficient (Wildman–Crippen LogP) is -0.469. The molecule has 0 radical (unpaired) electrons. The first-order chi connectivity index (χ1) is 8.54. The average molecular weight is 253 g/mol. The first-order valence-corrected chi connectivity index (χ1v) is 5.15. The number of primary amides is 1. The Kier molecular flexibility index (Phi) is 4.73. The van der Waals surface area contributed by atoms with Crippen molar-refractivity contribution < 1.29 is 14.3 Å². The summed E-state index contributed by atoms with van der Waals surface area (Å²) >= 11 is 0. The van der Waals surface area contributed by atoms with E-state index < -0.39 is 12.0 Å². The molecule has 0 saturated carbocycles. The molecule has 0 aliphatic carbocycles. The summed E-state index contributed by atoms with van der Waals surface area (Å²) in [6, 6.07) is 0.878. The van der Waals surface area contributed by atoms with Gasteiger partial charge in [0.1, 0.15) is 5.82 Å². The molecule has 1 aromatic heterocycles. The summed E-state index contributed by atoms with van der Waals surface area (Å²) in [5, 5.41) is 5.31. The summed E-state index contributed by atoms with van der Waals surface area (Å²) in [5.41, 5.74) is 11.0. The largest absolute Gasteiger partial charge is 0.465 e. The van der Waals surface area contributed by atoms with Crippen LogP contribution in [0.2, 0.25) is 0 Å². The van der Waals surface area contributed by atoms with Gasteiger partial charge >= 0.3 is 12.0 Å². The smallest absolute Gasteiger partial charge is 0.340 e. The van der Waals surface area contributed by atoms with E-state index in [0.29, 0.717) is 18.9 Å². The van der Waals surface area contributed by atoms with Crippen molar-refractivity contribution in [3.63, 3.8) is 0 Å². The van der Waals surface area contributed by atoms with Crippen LogP contribution in [0.1, 0.15) is 10.4 Å². The molecule has 0 bridgehead atoms. The Morgan fingerprint density at radius 2 is 2.17 bits per heavy atom. The Morgan fingerprint density at radius 1 is 1.44 bits per heavy atom. The Morgan fingerprint density at radius 3 is 2.78 bits per heavy atom. The Balaban J connectivity index is 2.62. The standard InChI is InChI=1S/C10H15N5O3/c1-18-9(16)6-4-8(15-5-7(6)11)13-2-3-14-10(12)17/h4-5H,2-3,11H2,1H3,(H,13,15)(H3,12,14,17). The van der Waals surface area contributed by atoms with E-state index in [1.807, 2.05) is 0 Å². The second-order valence-corrected chi connectivity index (χ2v) is 3.37. The second kappa shape index (κ2) is 6.28. The topological polar surface area (TPSA) is 132 Å². The monoisotopic (exact) mass is 253 g/mol. The highest BCUT2D eigenvalue weighted by molar-refractivity contribution is 5.95. The number of hydrogen-bond acceptors (Lipinski definition) is 6. The second-order valence-electron chi connectivity index (χ2n) is 3.37. The molecule has 18 heavy (non-hydrogen) atoms. The van der Waals surface area contributed by atoms with Crippen molar-refractivity contribution in [3.8, 4) is 0 Å². The first kappa shape index (κ1) is 13.6. The van der Waals surface area contributed by atoms with Crippen LogP contribution in [-0.4, -0.2) is 37.2 Å². The summed E-state index contributed by atoms with van der Waals surface area (Å²) in [4.78, 5) is 25.8. The zero-order chi connectivity index (χ0) is 13.5. The van der Waals surface area contributed by atoms with E-state index in [0.717, 1.165) is 0 Å². The number of esters is 1. The van der Waals surface area contributed by atoms with Gasteiger partial charge in [0.25, 0.3) is 0 Å². The maximum Gasteiger partial charge on any atom is 0.340 e. The van der Waals surface area contributed by atoms with E-state index in [-0.39, 0.29) is 11.3 Å². The third kappa shape index (κ3) is 3.81. The van der Waals surface area contributed by atoms with Crippen molar-refractivity contribution in [1.82, 2.24) is 10.3 Å². The number of carbonyl (C=O) groups excluding carboxylic acids is 2. The number of rotatable bonds is 5. The highest BCUT2D eigenvalue weighted by Crippen LogP contribution is 2.15. The molecule has 0 spiro atoms. The molecule has 0 atom stereocenters. The van der Waals surface area contributed by atoms with Gasteiger partial charge in [0.15, 0.2) is 0 Å². The van der Waals surface area contributed by atoms with Crippen LogP contribution < -0.4 is 22.1 Å². The number of amides is 2. The number of ether oxygens (including phenoxy) is 1. The molecule has 6 N–H and O–H groups in total. The highest BCUT2D eigenvalue weighted by atomic mass is 16.5. The minimum absolute atomic E-state index is 0.234. The zero-order valence-electron chi connectivity index (χ0n) is 9.90. The van der Waals surface area contributed by atoms with E-state index >= 15 is 0 Å². The van der Waals surface area contributed by atoms with Crippen molar-refractivity contribution in [2.75, 3.05) is 31.2 Å². The molecule has 0 aromatic carbocycles. The van der Waals surface area contributed by atoms with Gasteiger partial charge in [-0.3, -0.25) is 0 Å². The SMILES string of the molecule is COC(=O)c1cc(NCCNC(N)=O)ncc1N. The van der Waals surface area contributed by atoms with Crippen molar-refractivity contribution in [1.29, 1.82) is 0 Å². The minimum atomic E-state index is -0.600. The van der Waals surface area contributed by atoms with Crippen LogP contribution in [0, 0.1) is 0 Å². The maximum absolute atomic E-state index is 11.4. The fourth-order valence-corrected chi connectivity index (χ4v) is 1.23. The lowest BCUT2D eigenvalue weighted by molar-refractivity contribution is 0.0602. The lowest BCUT2D eigenvalue weighted by atomic mass is 10.2. The van der Waals surface area contributed by atoms with Gasteiger partial charge in [-0.05, 0) is 6.07 Å². The summed E-state index contributed by atoms with van der Waals surface area (Å²) in [6.07, 6.45) is 1.36. The lowest BCUT2D eigenvalue weighted by Crippen LogP contribution is -2.33. The van der Waals surface area contributed by atoms with Crippen LogP contribution in [0.25, 0.3) is 0 Å². The van der Waals surface area contributed by atoms with Crippen LogP contribution in [0.5, 0.6) is 0 Å². The van der Waals surface area contributed by atoms with Crippen LogP contribution in [0.15, 0.2) is 12.3 Å². The van der Waals surface area contributed by atoms with E-state index in [1.165, 1.54) is 19.4 Å². The van der Waals surface area contributed by atoms with E-state index in [2.05, 4.69) is 20.4 Å². The van der Waals surface area contributed by atoms with Crippen LogP contribution in [0.4, 0.5) is 16.3 Å². The molecule has 0 aliphatic heterocycles. The molecular weight excluding hydrogens is 238 g/mol. The first-order valence-electron chi connectivity index (χ1n) is 5.15. The summed E-state index contributed by atoms with van der Waals surface area (Å²) in [5.74, 6) is -0.0796. The molecule has 2 amide bonds. The Labute approximate surface area is 104 Å². The van der Waals surface area contributed by atoms with Gasteiger partial charge < -0.3 is 26.8 Å². The number of carbonyl (C=O) groups is 2. The number of hydrogen-bond donors (Lipinski definition) is 4.